The molecule has 0 saturated carbocycles. The van der Waals surface area contributed by atoms with E-state index in [-0.39, 0.29) is 13.2 Å². The van der Waals surface area contributed by atoms with Gasteiger partial charge >= 0.3 is 0 Å². The molecule has 0 aliphatic carbocycles. The van der Waals surface area contributed by atoms with Crippen LogP contribution >= 0.6 is 0 Å². The smallest absolute Gasteiger partial charge is 0.219 e. The summed E-state index contributed by atoms with van der Waals surface area (Å²) in [5.41, 5.74) is 0.812. The molecule has 0 spiro atoms. The zero-order chi connectivity index (χ0) is 18.6. The summed E-state index contributed by atoms with van der Waals surface area (Å²) in [5.74, 6) is 1.36. The van der Waals surface area contributed by atoms with Crippen molar-refractivity contribution in [2.75, 3.05) is 20.2 Å². The van der Waals surface area contributed by atoms with Crippen molar-refractivity contribution in [1.82, 2.24) is 9.79 Å². The second-order valence-electron chi connectivity index (χ2n) is 5.99. The monoisotopic (exact) mass is 374 g/mol. The Balaban J connectivity index is 1.86. The summed E-state index contributed by atoms with van der Waals surface area (Å²) in [6, 6.07) is 16.4. The standard InChI is InChI=1S/C19H22N2O4S/c1-3-12-20-26(22,23)18-14-24-21(2)19(18)15-8-7-11-17(13-15)25-16-9-5-4-6-10-16/h3-11,13,18-20H,1,12,14H2,2H3/t18-,19-/m0/s1. The third kappa shape index (κ3) is 4.13. The molecule has 0 radical (unpaired) electrons. The van der Waals surface area contributed by atoms with E-state index >= 15 is 0 Å². The van der Waals surface area contributed by atoms with Crippen molar-refractivity contribution in [3.63, 3.8) is 0 Å². The molecule has 6 nitrogen and oxygen atoms in total. The fraction of sp³-hybridized carbons (Fsp3) is 0.263. The molecule has 1 saturated heterocycles. The third-order valence-corrected chi connectivity index (χ3v) is 5.95. The quantitative estimate of drug-likeness (QED) is 0.755. The molecule has 3 rings (SSSR count). The maximum atomic E-state index is 12.6. The molecule has 2 aromatic rings. The molecule has 1 aliphatic rings. The number of sulfonamides is 1. The van der Waals surface area contributed by atoms with Gasteiger partial charge in [0.2, 0.25) is 10.0 Å². The lowest BCUT2D eigenvalue weighted by atomic mass is 10.0. The number of hydrogen-bond donors (Lipinski definition) is 1. The topological polar surface area (TPSA) is 67.9 Å². The zero-order valence-corrected chi connectivity index (χ0v) is 15.4. The van der Waals surface area contributed by atoms with E-state index in [2.05, 4.69) is 11.3 Å². The molecule has 0 amide bonds. The molecular weight excluding hydrogens is 352 g/mol. The second kappa shape index (κ2) is 8.01. The molecule has 138 valence electrons. The predicted octanol–water partition coefficient (Wildman–Crippen LogP) is 2.87. The SMILES string of the molecule is C=CCNS(=O)(=O)[C@H]1CON(C)[C@H]1c1cccc(Oc2ccccc2)c1. The predicted molar refractivity (Wildman–Crippen MR) is 100 cm³/mol. The summed E-state index contributed by atoms with van der Waals surface area (Å²) in [4.78, 5) is 5.50. The van der Waals surface area contributed by atoms with Crippen molar-refractivity contribution < 1.29 is 18.0 Å². The van der Waals surface area contributed by atoms with Crippen LogP contribution in [0.2, 0.25) is 0 Å². The van der Waals surface area contributed by atoms with Gasteiger partial charge in [0.05, 0.1) is 12.6 Å². The molecule has 2 atom stereocenters. The average Bonchev–Trinajstić information content (AvgIpc) is 3.04. The highest BCUT2D eigenvalue weighted by Gasteiger charge is 2.43. The lowest BCUT2D eigenvalue weighted by Crippen LogP contribution is -2.39. The van der Waals surface area contributed by atoms with Crippen molar-refractivity contribution in [2.24, 2.45) is 0 Å². The molecule has 0 unspecified atom stereocenters. The lowest BCUT2D eigenvalue weighted by molar-refractivity contribution is -0.110. The van der Waals surface area contributed by atoms with Gasteiger partial charge in [0.15, 0.2) is 0 Å². The van der Waals surface area contributed by atoms with E-state index in [4.69, 9.17) is 9.57 Å². The molecule has 0 aromatic heterocycles. The average molecular weight is 374 g/mol. The molecule has 1 fully saturated rings. The Hall–Kier alpha value is -2.19. The maximum absolute atomic E-state index is 12.6. The third-order valence-electron chi connectivity index (χ3n) is 4.19. The molecule has 7 heteroatoms. The van der Waals surface area contributed by atoms with Gasteiger partial charge in [-0.2, -0.15) is 5.06 Å². The Labute approximate surface area is 154 Å². The van der Waals surface area contributed by atoms with E-state index in [9.17, 15) is 8.42 Å². The normalized spacial score (nSPS) is 20.8. The summed E-state index contributed by atoms with van der Waals surface area (Å²) in [6.45, 7) is 3.83. The first-order chi connectivity index (χ1) is 12.5. The van der Waals surface area contributed by atoms with Crippen molar-refractivity contribution in [3.05, 3.63) is 72.8 Å². The van der Waals surface area contributed by atoms with Crippen molar-refractivity contribution in [3.8, 4) is 11.5 Å². The van der Waals surface area contributed by atoms with Gasteiger partial charge in [-0.1, -0.05) is 36.4 Å². The number of benzene rings is 2. The number of rotatable bonds is 7. The van der Waals surface area contributed by atoms with Crippen LogP contribution in [0, 0.1) is 0 Å². The Kier molecular flexibility index (Phi) is 5.73. The van der Waals surface area contributed by atoms with Crippen molar-refractivity contribution >= 4 is 10.0 Å². The molecule has 1 N–H and O–H groups in total. The van der Waals surface area contributed by atoms with Gasteiger partial charge in [-0.05, 0) is 29.8 Å². The summed E-state index contributed by atoms with van der Waals surface area (Å²) in [6.07, 6.45) is 1.51. The highest BCUT2D eigenvalue weighted by molar-refractivity contribution is 7.90. The fourth-order valence-electron chi connectivity index (χ4n) is 2.95. The minimum Gasteiger partial charge on any atom is -0.457 e. The Bertz CT molecular complexity index is 855. The van der Waals surface area contributed by atoms with E-state index in [1.165, 1.54) is 6.08 Å². The zero-order valence-electron chi connectivity index (χ0n) is 14.5. The highest BCUT2D eigenvalue weighted by atomic mass is 32.2. The second-order valence-corrected chi connectivity index (χ2v) is 7.98. The molecule has 1 aliphatic heterocycles. The van der Waals surface area contributed by atoms with Gasteiger partial charge in [0.1, 0.15) is 16.7 Å². The van der Waals surface area contributed by atoms with Gasteiger partial charge < -0.3 is 4.74 Å². The van der Waals surface area contributed by atoms with Gasteiger partial charge in [0, 0.05) is 13.6 Å². The van der Waals surface area contributed by atoms with Crippen LogP contribution in [0.4, 0.5) is 0 Å². The van der Waals surface area contributed by atoms with Gasteiger partial charge in [-0.15, -0.1) is 6.58 Å². The van der Waals surface area contributed by atoms with E-state index in [1.54, 1.807) is 12.1 Å². The molecular formula is C19H22N2O4S. The largest absolute Gasteiger partial charge is 0.457 e. The highest BCUT2D eigenvalue weighted by Crippen LogP contribution is 2.35. The van der Waals surface area contributed by atoms with E-state index in [1.807, 2.05) is 54.6 Å². The van der Waals surface area contributed by atoms with Crippen LogP contribution in [0.15, 0.2) is 67.3 Å². The number of hydroxylamine groups is 2. The Morgan fingerprint density at radius 2 is 1.96 bits per heavy atom. The number of hydrogen-bond acceptors (Lipinski definition) is 5. The summed E-state index contributed by atoms with van der Waals surface area (Å²) < 4.78 is 33.6. The molecule has 26 heavy (non-hydrogen) atoms. The number of nitrogens with one attached hydrogen (secondary N) is 1. The maximum Gasteiger partial charge on any atom is 0.219 e. The van der Waals surface area contributed by atoms with Gasteiger partial charge in [-0.25, -0.2) is 13.1 Å². The first-order valence-electron chi connectivity index (χ1n) is 8.29. The van der Waals surface area contributed by atoms with Crippen molar-refractivity contribution in [1.29, 1.82) is 0 Å². The Morgan fingerprint density at radius 1 is 1.23 bits per heavy atom. The Morgan fingerprint density at radius 3 is 2.69 bits per heavy atom. The van der Waals surface area contributed by atoms with Crippen LogP contribution in [-0.2, 0) is 14.9 Å². The van der Waals surface area contributed by atoms with Crippen LogP contribution in [0.1, 0.15) is 11.6 Å². The molecule has 1 heterocycles. The lowest BCUT2D eigenvalue weighted by Gasteiger charge is -2.23. The summed E-state index contributed by atoms with van der Waals surface area (Å²) >= 11 is 0. The van der Waals surface area contributed by atoms with E-state index in [0.29, 0.717) is 5.75 Å². The van der Waals surface area contributed by atoms with Gasteiger partial charge in [0.25, 0.3) is 0 Å². The number of nitrogens with zero attached hydrogens (tertiary/aromatic N) is 1. The van der Waals surface area contributed by atoms with Crippen LogP contribution in [-0.4, -0.2) is 38.9 Å². The minimum atomic E-state index is -3.55. The van der Waals surface area contributed by atoms with Crippen LogP contribution in [0.3, 0.4) is 0 Å². The minimum absolute atomic E-state index is 0.0947. The van der Waals surface area contributed by atoms with E-state index in [0.717, 1.165) is 11.3 Å². The van der Waals surface area contributed by atoms with Crippen LogP contribution < -0.4 is 9.46 Å². The van der Waals surface area contributed by atoms with Crippen LogP contribution in [0.5, 0.6) is 11.5 Å². The summed E-state index contributed by atoms with van der Waals surface area (Å²) in [5, 5.41) is 0.860. The summed E-state index contributed by atoms with van der Waals surface area (Å²) in [7, 11) is -1.82. The fourth-order valence-corrected chi connectivity index (χ4v) is 4.42. The van der Waals surface area contributed by atoms with Gasteiger partial charge in [-0.3, -0.25) is 4.84 Å². The van der Waals surface area contributed by atoms with E-state index < -0.39 is 21.3 Å². The first kappa shape index (κ1) is 18.6. The number of ether oxygens (including phenoxy) is 1. The molecule has 0 bridgehead atoms. The number of para-hydroxylation sites is 1. The van der Waals surface area contributed by atoms with Crippen LogP contribution in [0.25, 0.3) is 0 Å². The molecule has 2 aromatic carbocycles. The van der Waals surface area contributed by atoms with Crippen molar-refractivity contribution in [2.45, 2.75) is 11.3 Å². The first-order valence-corrected chi connectivity index (χ1v) is 9.84.